The van der Waals surface area contributed by atoms with E-state index in [1.54, 1.807) is 11.3 Å². The van der Waals surface area contributed by atoms with Crippen molar-refractivity contribution in [3.8, 4) is 0 Å². The Bertz CT molecular complexity index is 566. The second-order valence-electron chi connectivity index (χ2n) is 4.22. The molecule has 19 heavy (non-hydrogen) atoms. The van der Waals surface area contributed by atoms with E-state index in [-0.39, 0.29) is 6.04 Å². The maximum Gasteiger partial charge on any atom is 0.0847 e. The molecule has 0 fully saturated rings. The minimum absolute atomic E-state index is 0.0216. The van der Waals surface area contributed by atoms with Gasteiger partial charge in [0.05, 0.1) is 22.5 Å². The van der Waals surface area contributed by atoms with E-state index in [2.05, 4.69) is 33.4 Å². The summed E-state index contributed by atoms with van der Waals surface area (Å²) in [5, 5.41) is 7.19. The number of nitrogens with one attached hydrogen (secondary N) is 1. The van der Waals surface area contributed by atoms with Crippen LogP contribution in [0.4, 0.5) is 0 Å². The van der Waals surface area contributed by atoms with Crippen molar-refractivity contribution >= 4 is 38.9 Å². The molecule has 104 valence electrons. The van der Waals surface area contributed by atoms with E-state index in [1.165, 1.54) is 4.88 Å². The third-order valence-corrected chi connectivity index (χ3v) is 5.49. The fourth-order valence-corrected chi connectivity index (χ4v) is 3.96. The van der Waals surface area contributed by atoms with Crippen molar-refractivity contribution in [2.24, 2.45) is 5.84 Å². The first-order valence-corrected chi connectivity index (χ1v) is 8.04. The van der Waals surface area contributed by atoms with Gasteiger partial charge in [-0.3, -0.25) is 16.0 Å². The van der Waals surface area contributed by atoms with Gasteiger partial charge in [-0.15, -0.1) is 11.3 Å². The molecule has 4 nitrogen and oxygen atoms in total. The molecule has 0 spiro atoms. The number of hydrogen-bond donors (Lipinski definition) is 2. The highest BCUT2D eigenvalue weighted by molar-refractivity contribution is 9.10. The van der Waals surface area contributed by atoms with Gasteiger partial charge in [0.1, 0.15) is 0 Å². The lowest BCUT2D eigenvalue weighted by atomic mass is 10.1. The van der Waals surface area contributed by atoms with Crippen LogP contribution in [-0.2, 0) is 13.0 Å². The summed E-state index contributed by atoms with van der Waals surface area (Å²) < 4.78 is 3.00. The zero-order chi connectivity index (χ0) is 14.0. The first-order valence-electron chi connectivity index (χ1n) is 5.99. The maximum atomic E-state index is 6.33. The average molecular weight is 364 g/mol. The summed E-state index contributed by atoms with van der Waals surface area (Å²) in [6, 6.07) is 2.04. The van der Waals surface area contributed by atoms with Crippen molar-refractivity contribution in [2.75, 3.05) is 0 Å². The molecule has 0 aliphatic carbocycles. The summed E-state index contributed by atoms with van der Waals surface area (Å²) >= 11 is 11.5. The Morgan fingerprint density at radius 1 is 1.63 bits per heavy atom. The zero-order valence-electron chi connectivity index (χ0n) is 10.8. The number of nitrogens with two attached hydrogens (primary N) is 1. The largest absolute Gasteiger partial charge is 0.271 e. The van der Waals surface area contributed by atoms with Crippen LogP contribution in [0, 0.1) is 6.92 Å². The number of halogens is 2. The fraction of sp³-hybridized carbons (Fsp3) is 0.417. The highest BCUT2D eigenvalue weighted by Gasteiger charge is 2.20. The molecule has 1 atom stereocenters. The molecule has 0 aromatic carbocycles. The smallest absolute Gasteiger partial charge is 0.0847 e. The van der Waals surface area contributed by atoms with Crippen molar-refractivity contribution in [3.63, 3.8) is 0 Å². The van der Waals surface area contributed by atoms with Gasteiger partial charge in [-0.05, 0) is 41.2 Å². The topological polar surface area (TPSA) is 55.9 Å². The standard InChI is InChI=1S/C12H16BrClN4S/c1-3-18-10(11(14)7(2)17-18)6-9(16-15)12-8(13)4-5-19-12/h4-5,9,16H,3,6,15H2,1-2H3. The van der Waals surface area contributed by atoms with Crippen LogP contribution in [0.1, 0.15) is 29.2 Å². The Morgan fingerprint density at radius 3 is 2.89 bits per heavy atom. The van der Waals surface area contributed by atoms with Gasteiger partial charge in [0.15, 0.2) is 0 Å². The van der Waals surface area contributed by atoms with Crippen LogP contribution in [0.2, 0.25) is 5.02 Å². The lowest BCUT2D eigenvalue weighted by Gasteiger charge is -2.16. The molecular weight excluding hydrogens is 348 g/mol. The van der Waals surface area contributed by atoms with Crippen LogP contribution in [-0.4, -0.2) is 9.78 Å². The Morgan fingerprint density at radius 2 is 2.37 bits per heavy atom. The van der Waals surface area contributed by atoms with E-state index in [0.29, 0.717) is 6.42 Å². The van der Waals surface area contributed by atoms with Gasteiger partial charge in [-0.1, -0.05) is 11.6 Å². The number of nitrogens with zero attached hydrogens (tertiary/aromatic N) is 2. The lowest BCUT2D eigenvalue weighted by molar-refractivity contribution is 0.522. The third-order valence-electron chi connectivity index (χ3n) is 3.01. The van der Waals surface area contributed by atoms with Crippen LogP contribution in [0.25, 0.3) is 0 Å². The second kappa shape index (κ2) is 6.37. The summed E-state index contributed by atoms with van der Waals surface area (Å²) in [7, 11) is 0. The summed E-state index contributed by atoms with van der Waals surface area (Å²) in [5.41, 5.74) is 4.74. The Hall–Kier alpha value is -0.400. The van der Waals surface area contributed by atoms with Crippen molar-refractivity contribution in [3.05, 3.63) is 37.2 Å². The number of hydrazine groups is 1. The SMILES string of the molecule is CCn1nc(C)c(Cl)c1CC(NN)c1sccc1Br. The average Bonchev–Trinajstić information content (AvgIpc) is 2.93. The molecule has 0 radical (unpaired) electrons. The predicted octanol–water partition coefficient (Wildman–Crippen LogP) is 3.44. The van der Waals surface area contributed by atoms with Crippen LogP contribution in [0.5, 0.6) is 0 Å². The van der Waals surface area contributed by atoms with Crippen LogP contribution < -0.4 is 11.3 Å². The molecule has 2 aromatic rings. The van der Waals surface area contributed by atoms with E-state index in [9.17, 15) is 0 Å². The molecule has 0 amide bonds. The predicted molar refractivity (Wildman–Crippen MR) is 83.4 cm³/mol. The minimum Gasteiger partial charge on any atom is -0.271 e. The van der Waals surface area contributed by atoms with Gasteiger partial charge in [0.25, 0.3) is 0 Å². The van der Waals surface area contributed by atoms with Crippen LogP contribution in [0.15, 0.2) is 15.9 Å². The van der Waals surface area contributed by atoms with E-state index < -0.39 is 0 Å². The fourth-order valence-electron chi connectivity index (χ4n) is 2.04. The van der Waals surface area contributed by atoms with Crippen LogP contribution in [0.3, 0.4) is 0 Å². The Balaban J connectivity index is 2.31. The first-order chi connectivity index (χ1) is 9.08. The number of aromatic nitrogens is 2. The summed E-state index contributed by atoms with van der Waals surface area (Å²) in [5.74, 6) is 5.69. The van der Waals surface area contributed by atoms with Gasteiger partial charge in [0.2, 0.25) is 0 Å². The number of rotatable bonds is 5. The highest BCUT2D eigenvalue weighted by atomic mass is 79.9. The molecule has 0 saturated carbocycles. The van der Waals surface area contributed by atoms with E-state index in [1.807, 2.05) is 23.1 Å². The monoisotopic (exact) mass is 362 g/mol. The number of hydrogen-bond acceptors (Lipinski definition) is 4. The van der Waals surface area contributed by atoms with Crippen molar-refractivity contribution in [1.29, 1.82) is 0 Å². The normalized spacial score (nSPS) is 12.9. The molecule has 7 heteroatoms. The van der Waals surface area contributed by atoms with Gasteiger partial charge in [-0.25, -0.2) is 0 Å². The van der Waals surface area contributed by atoms with Gasteiger partial charge in [-0.2, -0.15) is 5.10 Å². The van der Waals surface area contributed by atoms with Crippen molar-refractivity contribution < 1.29 is 0 Å². The third kappa shape index (κ3) is 3.03. The Labute approximate surface area is 130 Å². The van der Waals surface area contributed by atoms with E-state index >= 15 is 0 Å². The lowest BCUT2D eigenvalue weighted by Crippen LogP contribution is -2.30. The van der Waals surface area contributed by atoms with Crippen molar-refractivity contribution in [2.45, 2.75) is 32.9 Å². The van der Waals surface area contributed by atoms with E-state index in [0.717, 1.165) is 27.4 Å². The maximum absolute atomic E-state index is 6.33. The summed E-state index contributed by atoms with van der Waals surface area (Å²) in [6.45, 7) is 4.77. The van der Waals surface area contributed by atoms with Crippen molar-refractivity contribution in [1.82, 2.24) is 15.2 Å². The van der Waals surface area contributed by atoms with Gasteiger partial charge < -0.3 is 0 Å². The molecular formula is C12H16BrClN4S. The Kier molecular flexibility index (Phi) is 5.03. The molecule has 1 unspecified atom stereocenters. The molecule has 3 N–H and O–H groups in total. The first kappa shape index (κ1) is 15.0. The summed E-state index contributed by atoms with van der Waals surface area (Å²) in [4.78, 5) is 1.17. The van der Waals surface area contributed by atoms with Gasteiger partial charge >= 0.3 is 0 Å². The molecule has 0 bridgehead atoms. The zero-order valence-corrected chi connectivity index (χ0v) is 13.9. The summed E-state index contributed by atoms with van der Waals surface area (Å²) in [6.07, 6.45) is 0.711. The molecule has 0 saturated heterocycles. The molecule has 2 heterocycles. The minimum atomic E-state index is 0.0216. The van der Waals surface area contributed by atoms with Crippen LogP contribution >= 0.6 is 38.9 Å². The highest BCUT2D eigenvalue weighted by Crippen LogP contribution is 2.32. The molecule has 2 rings (SSSR count). The molecule has 0 aliphatic heterocycles. The second-order valence-corrected chi connectivity index (χ2v) is 6.40. The number of aryl methyl sites for hydroxylation is 2. The van der Waals surface area contributed by atoms with Gasteiger partial charge in [0, 0.05) is 22.3 Å². The molecule has 2 aromatic heterocycles. The quantitative estimate of drug-likeness (QED) is 0.632. The molecule has 0 aliphatic rings. The van der Waals surface area contributed by atoms with E-state index in [4.69, 9.17) is 17.4 Å². The number of thiophene rings is 1.